The normalized spacial score (nSPS) is 13.8. The van der Waals surface area contributed by atoms with Crippen molar-refractivity contribution in [2.24, 2.45) is 0 Å². The van der Waals surface area contributed by atoms with Crippen LogP contribution in [0.4, 0.5) is 4.39 Å². The summed E-state index contributed by atoms with van der Waals surface area (Å²) in [7, 11) is 0. The average Bonchev–Trinajstić information content (AvgIpc) is 2.47. The highest BCUT2D eigenvalue weighted by atomic mass is 35.5. The Balaban J connectivity index is 2.08. The zero-order valence-corrected chi connectivity index (χ0v) is 10.6. The van der Waals surface area contributed by atoms with Crippen LogP contribution in [-0.4, -0.2) is 0 Å². The Hall–Kier alpha value is -0.990. The van der Waals surface area contributed by atoms with Crippen molar-refractivity contribution in [1.29, 1.82) is 0 Å². The monoisotopic (exact) mass is 264 g/mol. The quantitative estimate of drug-likeness (QED) is 0.666. The molecule has 0 spiro atoms. The van der Waals surface area contributed by atoms with E-state index in [9.17, 15) is 4.39 Å². The second-order valence-electron chi connectivity index (χ2n) is 4.13. The molecule has 0 nitrogen and oxygen atoms in total. The summed E-state index contributed by atoms with van der Waals surface area (Å²) >= 11 is 7.76. The Labute approximate surface area is 109 Å². The van der Waals surface area contributed by atoms with E-state index in [0.717, 1.165) is 22.8 Å². The fourth-order valence-corrected chi connectivity index (χ4v) is 3.34. The molecule has 0 fully saturated rings. The van der Waals surface area contributed by atoms with Gasteiger partial charge in [0.05, 0.1) is 0 Å². The van der Waals surface area contributed by atoms with Crippen LogP contribution in [0.15, 0.2) is 41.3 Å². The molecule has 3 heteroatoms. The first-order chi connectivity index (χ1) is 8.22. The minimum atomic E-state index is -0.159. The highest BCUT2D eigenvalue weighted by molar-refractivity contribution is 7.98. The van der Waals surface area contributed by atoms with Gasteiger partial charge < -0.3 is 0 Å². The molecule has 0 aliphatic carbocycles. The second kappa shape index (κ2) is 4.35. The van der Waals surface area contributed by atoms with E-state index in [2.05, 4.69) is 0 Å². The smallest absolute Gasteiger partial charge is 0.123 e. The van der Waals surface area contributed by atoms with Gasteiger partial charge in [-0.3, -0.25) is 0 Å². The molecule has 0 N–H and O–H groups in total. The number of hydrogen-bond donors (Lipinski definition) is 0. The standard InChI is InChI=1S/C14H10ClFS/c15-12-2-4-14-10(6-12)5-9-1-3-13(16)7-11(9)8-17-14/h1-4,6-7H,5,8H2. The summed E-state index contributed by atoms with van der Waals surface area (Å²) in [5.41, 5.74) is 3.51. The molecule has 1 aliphatic heterocycles. The molecular weight excluding hydrogens is 255 g/mol. The average molecular weight is 265 g/mol. The maximum absolute atomic E-state index is 13.2. The third-order valence-corrected chi connectivity index (χ3v) is 4.35. The van der Waals surface area contributed by atoms with E-state index in [1.165, 1.54) is 22.1 Å². The minimum absolute atomic E-state index is 0.159. The molecule has 17 heavy (non-hydrogen) atoms. The Morgan fingerprint density at radius 3 is 2.76 bits per heavy atom. The number of benzene rings is 2. The molecule has 0 bridgehead atoms. The van der Waals surface area contributed by atoms with Gasteiger partial charge in [0.2, 0.25) is 0 Å². The molecule has 0 unspecified atom stereocenters. The molecule has 2 aromatic carbocycles. The lowest BCUT2D eigenvalue weighted by molar-refractivity contribution is 0.625. The van der Waals surface area contributed by atoms with Gasteiger partial charge in [-0.25, -0.2) is 4.39 Å². The molecule has 0 saturated carbocycles. The van der Waals surface area contributed by atoms with E-state index in [0.29, 0.717) is 0 Å². The topological polar surface area (TPSA) is 0 Å². The minimum Gasteiger partial charge on any atom is -0.207 e. The predicted octanol–water partition coefficient (Wildman–Crippen LogP) is 4.68. The molecule has 0 radical (unpaired) electrons. The van der Waals surface area contributed by atoms with Crippen molar-refractivity contribution in [3.8, 4) is 0 Å². The third kappa shape index (κ3) is 2.20. The van der Waals surface area contributed by atoms with Crippen LogP contribution < -0.4 is 0 Å². The van der Waals surface area contributed by atoms with Gasteiger partial charge in [0.25, 0.3) is 0 Å². The molecule has 0 amide bonds. The molecule has 0 saturated heterocycles. The van der Waals surface area contributed by atoms with Crippen molar-refractivity contribution >= 4 is 23.4 Å². The Kier molecular flexibility index (Phi) is 2.85. The van der Waals surface area contributed by atoms with Crippen molar-refractivity contribution in [2.45, 2.75) is 17.1 Å². The summed E-state index contributed by atoms with van der Waals surface area (Å²) in [5, 5.41) is 0.759. The van der Waals surface area contributed by atoms with Crippen LogP contribution in [-0.2, 0) is 12.2 Å². The van der Waals surface area contributed by atoms with Gasteiger partial charge in [-0.1, -0.05) is 17.7 Å². The zero-order valence-electron chi connectivity index (χ0n) is 9.04. The summed E-state index contributed by atoms with van der Waals surface area (Å²) in [5.74, 6) is 0.662. The maximum atomic E-state index is 13.2. The molecule has 0 aromatic heterocycles. The van der Waals surface area contributed by atoms with E-state index in [1.54, 1.807) is 17.8 Å². The third-order valence-electron chi connectivity index (χ3n) is 2.95. The lowest BCUT2D eigenvalue weighted by Gasteiger charge is -2.05. The summed E-state index contributed by atoms with van der Waals surface area (Å²) in [6.07, 6.45) is 0.832. The van der Waals surface area contributed by atoms with Crippen molar-refractivity contribution in [3.05, 3.63) is 63.9 Å². The molecule has 2 aromatic rings. The van der Waals surface area contributed by atoms with Crippen LogP contribution in [0.25, 0.3) is 0 Å². The van der Waals surface area contributed by atoms with Gasteiger partial charge in [-0.05, 0) is 53.4 Å². The second-order valence-corrected chi connectivity index (χ2v) is 5.58. The Morgan fingerprint density at radius 2 is 1.88 bits per heavy atom. The fourth-order valence-electron chi connectivity index (χ4n) is 2.09. The van der Waals surface area contributed by atoms with Crippen LogP contribution in [0.3, 0.4) is 0 Å². The van der Waals surface area contributed by atoms with Crippen LogP contribution in [0.1, 0.15) is 16.7 Å². The van der Waals surface area contributed by atoms with Crippen LogP contribution in [0.2, 0.25) is 5.02 Å². The largest absolute Gasteiger partial charge is 0.207 e. The van der Waals surface area contributed by atoms with E-state index in [4.69, 9.17) is 11.6 Å². The van der Waals surface area contributed by atoms with Gasteiger partial charge in [0.1, 0.15) is 5.82 Å². The van der Waals surface area contributed by atoms with Gasteiger partial charge >= 0.3 is 0 Å². The van der Waals surface area contributed by atoms with Gasteiger partial charge in [0.15, 0.2) is 0 Å². The van der Waals surface area contributed by atoms with E-state index < -0.39 is 0 Å². The molecule has 0 atom stereocenters. The SMILES string of the molecule is Fc1ccc2c(c1)CSc1ccc(Cl)cc1C2. The number of fused-ring (bicyclic) bond motifs is 2. The first-order valence-electron chi connectivity index (χ1n) is 5.41. The van der Waals surface area contributed by atoms with Crippen molar-refractivity contribution < 1.29 is 4.39 Å². The predicted molar refractivity (Wildman–Crippen MR) is 70.2 cm³/mol. The summed E-state index contributed by atoms with van der Waals surface area (Å²) in [6.45, 7) is 0. The van der Waals surface area contributed by atoms with E-state index in [1.807, 2.05) is 24.3 Å². The van der Waals surface area contributed by atoms with Crippen LogP contribution in [0, 0.1) is 5.82 Å². The van der Waals surface area contributed by atoms with Gasteiger partial charge in [-0.15, -0.1) is 11.8 Å². The van der Waals surface area contributed by atoms with Crippen molar-refractivity contribution in [3.63, 3.8) is 0 Å². The molecule has 3 rings (SSSR count). The van der Waals surface area contributed by atoms with Gasteiger partial charge in [0, 0.05) is 15.7 Å². The first kappa shape index (κ1) is 11.1. The number of thioether (sulfide) groups is 1. The van der Waals surface area contributed by atoms with Gasteiger partial charge in [-0.2, -0.15) is 0 Å². The fraction of sp³-hybridized carbons (Fsp3) is 0.143. The Bertz CT molecular complexity index is 580. The summed E-state index contributed by atoms with van der Waals surface area (Å²) in [4.78, 5) is 1.24. The first-order valence-corrected chi connectivity index (χ1v) is 6.77. The molecule has 86 valence electrons. The van der Waals surface area contributed by atoms with E-state index in [-0.39, 0.29) is 5.82 Å². The zero-order chi connectivity index (χ0) is 11.8. The Morgan fingerprint density at radius 1 is 1.00 bits per heavy atom. The number of halogens is 2. The number of rotatable bonds is 0. The lowest BCUT2D eigenvalue weighted by atomic mass is 10.0. The van der Waals surface area contributed by atoms with Crippen LogP contribution >= 0.6 is 23.4 Å². The van der Waals surface area contributed by atoms with E-state index >= 15 is 0 Å². The summed E-state index contributed by atoms with van der Waals surface area (Å²) < 4.78 is 13.2. The van der Waals surface area contributed by atoms with Crippen molar-refractivity contribution in [1.82, 2.24) is 0 Å². The maximum Gasteiger partial charge on any atom is 0.123 e. The number of hydrogen-bond acceptors (Lipinski definition) is 1. The molecule has 1 aliphatic rings. The van der Waals surface area contributed by atoms with Crippen molar-refractivity contribution in [2.75, 3.05) is 0 Å². The highest BCUT2D eigenvalue weighted by Crippen LogP contribution is 2.35. The molecule has 1 heterocycles. The highest BCUT2D eigenvalue weighted by Gasteiger charge is 2.14. The molecular formula is C14H10ClFS. The van der Waals surface area contributed by atoms with Crippen LogP contribution in [0.5, 0.6) is 0 Å². The summed E-state index contributed by atoms with van der Waals surface area (Å²) in [6, 6.07) is 11.0. The lowest BCUT2D eigenvalue weighted by Crippen LogP contribution is -1.93.